The maximum Gasteiger partial charge on any atom is 0.194 e. The fraction of sp³-hybridized carbons (Fsp3) is 0.696. The van der Waals surface area contributed by atoms with Crippen molar-refractivity contribution in [3.05, 3.63) is 29.8 Å². The average Bonchev–Trinajstić information content (AvgIpc) is 2.74. The molecule has 1 heterocycles. The fourth-order valence-electron chi connectivity index (χ4n) is 3.23. The summed E-state index contributed by atoms with van der Waals surface area (Å²) in [5.41, 5.74) is 1.19. The van der Waals surface area contributed by atoms with Gasteiger partial charge < -0.3 is 24.4 Å². The van der Waals surface area contributed by atoms with Crippen molar-refractivity contribution in [2.75, 3.05) is 46.6 Å². The predicted molar refractivity (Wildman–Crippen MR) is 119 cm³/mol. The van der Waals surface area contributed by atoms with Gasteiger partial charge in [-0.25, -0.2) is 4.99 Å². The Kier molecular flexibility index (Phi) is 10.9. The molecular formula is C23H39N3O3. The first kappa shape index (κ1) is 23.5. The summed E-state index contributed by atoms with van der Waals surface area (Å²) < 4.78 is 16.8. The summed E-state index contributed by atoms with van der Waals surface area (Å²) in [5.74, 6) is 2.44. The van der Waals surface area contributed by atoms with Crippen LogP contribution in [0.15, 0.2) is 29.3 Å². The predicted octanol–water partition coefficient (Wildman–Crippen LogP) is 3.70. The molecule has 0 bridgehead atoms. The van der Waals surface area contributed by atoms with Crippen molar-refractivity contribution in [3.63, 3.8) is 0 Å². The highest BCUT2D eigenvalue weighted by Gasteiger charge is 2.21. The van der Waals surface area contributed by atoms with Crippen molar-refractivity contribution in [2.24, 2.45) is 10.9 Å². The molecule has 1 aliphatic rings. The van der Waals surface area contributed by atoms with Crippen molar-refractivity contribution in [1.82, 2.24) is 10.2 Å². The molecule has 0 atom stereocenters. The topological polar surface area (TPSA) is 55.3 Å². The number of aliphatic imine (C=N–C) groups is 1. The van der Waals surface area contributed by atoms with E-state index in [-0.39, 0.29) is 0 Å². The van der Waals surface area contributed by atoms with Gasteiger partial charge in [-0.05, 0) is 49.8 Å². The van der Waals surface area contributed by atoms with Crippen LogP contribution in [0.4, 0.5) is 0 Å². The first-order valence-corrected chi connectivity index (χ1v) is 11.0. The van der Waals surface area contributed by atoms with E-state index in [1.165, 1.54) is 5.56 Å². The summed E-state index contributed by atoms with van der Waals surface area (Å²) >= 11 is 0. The van der Waals surface area contributed by atoms with Gasteiger partial charge in [0.15, 0.2) is 5.96 Å². The van der Waals surface area contributed by atoms with E-state index >= 15 is 0 Å². The van der Waals surface area contributed by atoms with Gasteiger partial charge in [-0.2, -0.15) is 0 Å². The van der Waals surface area contributed by atoms with Gasteiger partial charge in [0.1, 0.15) is 5.75 Å². The highest BCUT2D eigenvalue weighted by Crippen LogP contribution is 2.16. The second-order valence-electron chi connectivity index (χ2n) is 7.92. The van der Waals surface area contributed by atoms with Crippen LogP contribution in [-0.4, -0.2) is 63.5 Å². The van der Waals surface area contributed by atoms with E-state index in [4.69, 9.17) is 19.2 Å². The number of hydrogen-bond acceptors (Lipinski definition) is 4. The minimum absolute atomic E-state index is 0.351. The Bertz CT molecular complexity index is 582. The Hall–Kier alpha value is -1.79. The molecule has 29 heavy (non-hydrogen) atoms. The Morgan fingerprint density at radius 3 is 2.52 bits per heavy atom. The molecule has 0 unspecified atom stereocenters. The van der Waals surface area contributed by atoms with E-state index in [1.54, 1.807) is 7.11 Å². The van der Waals surface area contributed by atoms with Crippen molar-refractivity contribution in [3.8, 4) is 5.75 Å². The lowest BCUT2D eigenvalue weighted by Crippen LogP contribution is -2.47. The summed E-state index contributed by atoms with van der Waals surface area (Å²) in [5, 5.41) is 3.44. The number of ether oxygens (including phenoxy) is 3. The SMILES string of the molecule is CCNC(=NCc1ccc(OCC(C)C)cc1)N1CCC(OCCCOC)CC1. The molecule has 0 spiro atoms. The smallest absolute Gasteiger partial charge is 0.194 e. The third kappa shape index (κ3) is 9.05. The Morgan fingerprint density at radius 2 is 1.90 bits per heavy atom. The number of nitrogens with zero attached hydrogens (tertiary/aromatic N) is 2. The molecule has 6 nitrogen and oxygen atoms in total. The highest BCUT2D eigenvalue weighted by molar-refractivity contribution is 5.80. The van der Waals surface area contributed by atoms with Gasteiger partial charge in [-0.3, -0.25) is 0 Å². The van der Waals surface area contributed by atoms with Crippen LogP contribution >= 0.6 is 0 Å². The molecule has 0 aromatic heterocycles. The third-order valence-corrected chi connectivity index (χ3v) is 4.84. The molecule has 0 radical (unpaired) electrons. The van der Waals surface area contributed by atoms with Gasteiger partial charge in [-0.1, -0.05) is 26.0 Å². The zero-order valence-corrected chi connectivity index (χ0v) is 18.7. The standard InChI is InChI=1S/C23H39N3O3/c1-5-24-23(26-13-11-22(12-14-26)28-16-6-15-27-4)25-17-20-7-9-21(10-8-20)29-18-19(2)3/h7-10,19,22H,5-6,11-18H2,1-4H3,(H,24,25). The number of methoxy groups -OCH3 is 1. The van der Waals surface area contributed by atoms with Crippen LogP contribution in [0.25, 0.3) is 0 Å². The maximum atomic E-state index is 5.97. The van der Waals surface area contributed by atoms with Gasteiger partial charge in [-0.15, -0.1) is 0 Å². The summed E-state index contributed by atoms with van der Waals surface area (Å²) in [6.45, 7) is 12.2. The molecule has 0 aliphatic carbocycles. The van der Waals surface area contributed by atoms with Crippen molar-refractivity contribution >= 4 is 5.96 Å². The molecular weight excluding hydrogens is 366 g/mol. The Labute approximate surface area is 176 Å². The fourth-order valence-corrected chi connectivity index (χ4v) is 3.23. The molecule has 2 rings (SSSR count). The van der Waals surface area contributed by atoms with E-state index in [9.17, 15) is 0 Å². The minimum atomic E-state index is 0.351. The van der Waals surface area contributed by atoms with Crippen molar-refractivity contribution in [1.29, 1.82) is 0 Å². The van der Waals surface area contributed by atoms with Gasteiger partial charge in [0.2, 0.25) is 0 Å². The second-order valence-corrected chi connectivity index (χ2v) is 7.92. The molecule has 1 aliphatic heterocycles. The summed E-state index contributed by atoms with van der Waals surface area (Å²) in [6, 6.07) is 8.27. The van der Waals surface area contributed by atoms with Crippen LogP contribution in [0.1, 0.15) is 45.6 Å². The molecule has 1 N–H and O–H groups in total. The quantitative estimate of drug-likeness (QED) is 0.346. The third-order valence-electron chi connectivity index (χ3n) is 4.84. The highest BCUT2D eigenvalue weighted by atomic mass is 16.5. The van der Waals surface area contributed by atoms with Gasteiger partial charge in [0, 0.05) is 40.0 Å². The first-order valence-electron chi connectivity index (χ1n) is 11.0. The number of rotatable bonds is 11. The molecule has 1 saturated heterocycles. The monoisotopic (exact) mass is 405 g/mol. The van der Waals surface area contributed by atoms with Crippen LogP contribution in [0, 0.1) is 5.92 Å². The summed E-state index contributed by atoms with van der Waals surface area (Å²) in [6.07, 6.45) is 3.39. The number of hydrogen-bond donors (Lipinski definition) is 1. The average molecular weight is 406 g/mol. The van der Waals surface area contributed by atoms with Crippen LogP contribution in [0.5, 0.6) is 5.75 Å². The molecule has 0 amide bonds. The van der Waals surface area contributed by atoms with E-state index < -0.39 is 0 Å². The van der Waals surface area contributed by atoms with E-state index in [0.29, 0.717) is 18.6 Å². The number of piperidine rings is 1. The van der Waals surface area contributed by atoms with Gasteiger partial charge in [0.25, 0.3) is 0 Å². The number of guanidine groups is 1. The second kappa shape index (κ2) is 13.4. The minimum Gasteiger partial charge on any atom is -0.493 e. The summed E-state index contributed by atoms with van der Waals surface area (Å²) in [7, 11) is 1.73. The van der Waals surface area contributed by atoms with E-state index in [1.807, 2.05) is 12.1 Å². The zero-order chi connectivity index (χ0) is 20.9. The molecule has 6 heteroatoms. The molecule has 1 fully saturated rings. The molecule has 0 saturated carbocycles. The Balaban J connectivity index is 1.82. The van der Waals surface area contributed by atoms with Crippen LogP contribution in [-0.2, 0) is 16.0 Å². The van der Waals surface area contributed by atoms with Gasteiger partial charge >= 0.3 is 0 Å². The summed E-state index contributed by atoms with van der Waals surface area (Å²) in [4.78, 5) is 7.20. The lowest BCUT2D eigenvalue weighted by molar-refractivity contribution is 0.00990. The first-order chi connectivity index (χ1) is 14.1. The molecule has 1 aromatic rings. The lowest BCUT2D eigenvalue weighted by atomic mass is 10.1. The number of benzene rings is 1. The van der Waals surface area contributed by atoms with E-state index in [0.717, 1.165) is 70.4 Å². The van der Waals surface area contributed by atoms with Crippen LogP contribution < -0.4 is 10.1 Å². The molecule has 1 aromatic carbocycles. The van der Waals surface area contributed by atoms with Crippen molar-refractivity contribution in [2.45, 2.75) is 52.7 Å². The maximum absolute atomic E-state index is 5.97. The largest absolute Gasteiger partial charge is 0.493 e. The van der Waals surface area contributed by atoms with Crippen LogP contribution in [0.2, 0.25) is 0 Å². The molecule has 164 valence electrons. The lowest BCUT2D eigenvalue weighted by Gasteiger charge is -2.34. The number of nitrogens with one attached hydrogen (secondary N) is 1. The Morgan fingerprint density at radius 1 is 1.17 bits per heavy atom. The van der Waals surface area contributed by atoms with Crippen LogP contribution in [0.3, 0.4) is 0 Å². The van der Waals surface area contributed by atoms with Crippen molar-refractivity contribution < 1.29 is 14.2 Å². The van der Waals surface area contributed by atoms with E-state index in [2.05, 4.69) is 43.1 Å². The number of likely N-dealkylation sites (tertiary alicyclic amines) is 1. The normalized spacial score (nSPS) is 15.8. The van der Waals surface area contributed by atoms with Gasteiger partial charge in [0.05, 0.1) is 19.3 Å². The zero-order valence-electron chi connectivity index (χ0n) is 18.7.